The number of guanidine groups is 1. The van der Waals surface area contributed by atoms with E-state index in [0.717, 1.165) is 37.2 Å². The number of hydrogen-bond donors (Lipinski definition) is 2. The van der Waals surface area contributed by atoms with Crippen LogP contribution in [0.2, 0.25) is 0 Å². The molecule has 1 saturated heterocycles. The van der Waals surface area contributed by atoms with Crippen molar-refractivity contribution in [2.24, 2.45) is 4.99 Å². The molecule has 0 bridgehead atoms. The number of halogens is 2. The third kappa shape index (κ3) is 5.90. The molecule has 1 unspecified atom stereocenters. The Hall–Kier alpha value is -2.67. The van der Waals surface area contributed by atoms with Gasteiger partial charge in [-0.15, -0.1) is 0 Å². The number of anilines is 1. The Kier molecular flexibility index (Phi) is 7.41. The summed E-state index contributed by atoms with van der Waals surface area (Å²) in [7, 11) is 3.27. The van der Waals surface area contributed by atoms with Gasteiger partial charge in [0.05, 0.1) is 6.61 Å². The summed E-state index contributed by atoms with van der Waals surface area (Å²) in [4.78, 5) is 6.49. The maximum Gasteiger partial charge on any atom is 0.191 e. The summed E-state index contributed by atoms with van der Waals surface area (Å²) in [6.45, 7) is 2.45. The molecule has 1 fully saturated rings. The van der Waals surface area contributed by atoms with Crippen LogP contribution in [0.3, 0.4) is 0 Å². The number of nitrogens with zero attached hydrogens (tertiary/aromatic N) is 2. The molecule has 2 aromatic carbocycles. The SMILES string of the molecule is CN=C(NCc1ccc(F)c(COC)c1)NC1CCCN(c2cccc(F)c2)C1. The van der Waals surface area contributed by atoms with Crippen LogP contribution in [-0.4, -0.2) is 39.2 Å². The highest BCUT2D eigenvalue weighted by Crippen LogP contribution is 2.20. The highest BCUT2D eigenvalue weighted by atomic mass is 19.1. The van der Waals surface area contributed by atoms with Crippen LogP contribution in [0.1, 0.15) is 24.0 Å². The second-order valence-electron chi connectivity index (χ2n) is 7.19. The maximum absolute atomic E-state index is 13.8. The second-order valence-corrected chi connectivity index (χ2v) is 7.19. The lowest BCUT2D eigenvalue weighted by Crippen LogP contribution is -2.51. The first-order valence-electron chi connectivity index (χ1n) is 9.83. The Balaban J connectivity index is 1.56. The van der Waals surface area contributed by atoms with E-state index in [1.807, 2.05) is 6.07 Å². The fourth-order valence-electron chi connectivity index (χ4n) is 3.58. The Morgan fingerprint density at radius 2 is 2.10 bits per heavy atom. The molecule has 1 heterocycles. The van der Waals surface area contributed by atoms with Gasteiger partial charge in [0, 0.05) is 51.1 Å². The molecule has 1 atom stereocenters. The van der Waals surface area contributed by atoms with Crippen molar-refractivity contribution in [1.29, 1.82) is 0 Å². The molecule has 29 heavy (non-hydrogen) atoms. The average molecular weight is 402 g/mol. The normalized spacial score (nSPS) is 17.3. The van der Waals surface area contributed by atoms with E-state index < -0.39 is 0 Å². The fraction of sp³-hybridized carbons (Fsp3) is 0.409. The van der Waals surface area contributed by atoms with E-state index in [1.165, 1.54) is 12.1 Å². The van der Waals surface area contributed by atoms with E-state index in [9.17, 15) is 8.78 Å². The van der Waals surface area contributed by atoms with Crippen molar-refractivity contribution in [1.82, 2.24) is 10.6 Å². The Bertz CT molecular complexity index is 843. The molecule has 156 valence electrons. The number of methoxy groups -OCH3 is 1. The molecule has 2 N–H and O–H groups in total. The van der Waals surface area contributed by atoms with Gasteiger partial charge in [-0.3, -0.25) is 4.99 Å². The molecule has 0 saturated carbocycles. The van der Waals surface area contributed by atoms with Gasteiger partial charge in [-0.25, -0.2) is 8.78 Å². The number of ether oxygens (including phenoxy) is 1. The zero-order chi connectivity index (χ0) is 20.6. The summed E-state index contributed by atoms with van der Waals surface area (Å²) in [5.74, 6) is 0.202. The van der Waals surface area contributed by atoms with E-state index in [0.29, 0.717) is 18.1 Å². The molecular formula is C22H28F2N4O. The van der Waals surface area contributed by atoms with Gasteiger partial charge in [-0.05, 0) is 48.7 Å². The van der Waals surface area contributed by atoms with Gasteiger partial charge < -0.3 is 20.3 Å². The second kappa shape index (κ2) is 10.2. The molecule has 0 amide bonds. The van der Waals surface area contributed by atoms with Crippen LogP contribution in [0.25, 0.3) is 0 Å². The zero-order valence-corrected chi connectivity index (χ0v) is 16.9. The average Bonchev–Trinajstić information content (AvgIpc) is 2.73. The highest BCUT2D eigenvalue weighted by Gasteiger charge is 2.21. The van der Waals surface area contributed by atoms with Gasteiger partial charge in [0.1, 0.15) is 11.6 Å². The van der Waals surface area contributed by atoms with Crippen LogP contribution in [0.4, 0.5) is 14.5 Å². The molecule has 0 spiro atoms. The maximum atomic E-state index is 13.8. The molecule has 2 aromatic rings. The van der Waals surface area contributed by atoms with Crippen LogP contribution >= 0.6 is 0 Å². The predicted octanol–water partition coefficient (Wildman–Crippen LogP) is 3.45. The number of benzene rings is 2. The Labute approximate surface area is 170 Å². The van der Waals surface area contributed by atoms with Crippen molar-refractivity contribution in [2.45, 2.75) is 32.0 Å². The number of aliphatic imine (C=N–C) groups is 1. The molecule has 1 aliphatic heterocycles. The zero-order valence-electron chi connectivity index (χ0n) is 16.9. The van der Waals surface area contributed by atoms with Gasteiger partial charge in [-0.2, -0.15) is 0 Å². The van der Waals surface area contributed by atoms with Crippen LogP contribution in [0, 0.1) is 11.6 Å². The minimum Gasteiger partial charge on any atom is -0.380 e. The first-order chi connectivity index (χ1) is 14.1. The summed E-state index contributed by atoms with van der Waals surface area (Å²) in [6, 6.07) is 11.9. The summed E-state index contributed by atoms with van der Waals surface area (Å²) < 4.78 is 32.4. The van der Waals surface area contributed by atoms with Crippen molar-refractivity contribution in [2.75, 3.05) is 32.1 Å². The number of piperidine rings is 1. The van der Waals surface area contributed by atoms with Gasteiger partial charge >= 0.3 is 0 Å². The first kappa shape index (κ1) is 21.0. The third-order valence-corrected chi connectivity index (χ3v) is 5.03. The Morgan fingerprint density at radius 1 is 1.24 bits per heavy atom. The summed E-state index contributed by atoms with van der Waals surface area (Å²) in [6.07, 6.45) is 2.03. The van der Waals surface area contributed by atoms with Gasteiger partial charge in [0.25, 0.3) is 0 Å². The van der Waals surface area contributed by atoms with Gasteiger partial charge in [0.2, 0.25) is 0 Å². The topological polar surface area (TPSA) is 48.9 Å². The summed E-state index contributed by atoms with van der Waals surface area (Å²) >= 11 is 0. The van der Waals surface area contributed by atoms with Crippen molar-refractivity contribution >= 4 is 11.6 Å². The molecule has 7 heteroatoms. The minimum atomic E-state index is -0.266. The largest absolute Gasteiger partial charge is 0.380 e. The van der Waals surface area contributed by atoms with E-state index in [4.69, 9.17) is 4.74 Å². The number of rotatable bonds is 6. The Morgan fingerprint density at radius 3 is 2.86 bits per heavy atom. The standard InChI is InChI=1S/C22H28F2N4O/c1-25-22(26-13-16-8-9-21(24)17(11-16)15-29-2)27-19-6-4-10-28(14-19)20-7-3-5-18(23)12-20/h3,5,7-9,11-12,19H,4,6,10,13-15H2,1-2H3,(H2,25,26,27). The molecule has 0 aliphatic carbocycles. The predicted molar refractivity (Wildman–Crippen MR) is 112 cm³/mol. The number of nitrogens with one attached hydrogen (secondary N) is 2. The quantitative estimate of drug-likeness (QED) is 0.574. The molecule has 0 aromatic heterocycles. The summed E-state index contributed by atoms with van der Waals surface area (Å²) in [5.41, 5.74) is 2.38. The lowest BCUT2D eigenvalue weighted by Gasteiger charge is -2.35. The first-order valence-corrected chi connectivity index (χ1v) is 9.83. The van der Waals surface area contributed by atoms with E-state index in [1.54, 1.807) is 38.4 Å². The molecule has 3 rings (SSSR count). The van der Waals surface area contributed by atoms with Crippen LogP contribution < -0.4 is 15.5 Å². The van der Waals surface area contributed by atoms with E-state index in [-0.39, 0.29) is 24.3 Å². The minimum absolute atomic E-state index is 0.204. The van der Waals surface area contributed by atoms with Crippen molar-refractivity contribution < 1.29 is 13.5 Å². The van der Waals surface area contributed by atoms with Gasteiger partial charge in [-0.1, -0.05) is 12.1 Å². The van der Waals surface area contributed by atoms with Gasteiger partial charge in [0.15, 0.2) is 5.96 Å². The smallest absolute Gasteiger partial charge is 0.191 e. The lowest BCUT2D eigenvalue weighted by atomic mass is 10.0. The molecule has 5 nitrogen and oxygen atoms in total. The van der Waals surface area contributed by atoms with Crippen molar-refractivity contribution in [3.05, 3.63) is 65.2 Å². The number of hydrogen-bond acceptors (Lipinski definition) is 3. The highest BCUT2D eigenvalue weighted by molar-refractivity contribution is 5.80. The lowest BCUT2D eigenvalue weighted by molar-refractivity contribution is 0.181. The van der Waals surface area contributed by atoms with Crippen molar-refractivity contribution in [3.63, 3.8) is 0 Å². The third-order valence-electron chi connectivity index (χ3n) is 5.03. The van der Waals surface area contributed by atoms with E-state index >= 15 is 0 Å². The molecule has 0 radical (unpaired) electrons. The monoisotopic (exact) mass is 402 g/mol. The fourth-order valence-corrected chi connectivity index (χ4v) is 3.58. The molecular weight excluding hydrogens is 374 g/mol. The summed E-state index contributed by atoms with van der Waals surface area (Å²) in [5, 5.41) is 6.73. The van der Waals surface area contributed by atoms with Crippen LogP contribution in [-0.2, 0) is 17.9 Å². The van der Waals surface area contributed by atoms with Crippen LogP contribution in [0.5, 0.6) is 0 Å². The van der Waals surface area contributed by atoms with Crippen molar-refractivity contribution in [3.8, 4) is 0 Å². The van der Waals surface area contributed by atoms with Crippen LogP contribution in [0.15, 0.2) is 47.5 Å². The molecule has 1 aliphatic rings. The van der Waals surface area contributed by atoms with E-state index in [2.05, 4.69) is 20.5 Å².